The molecule has 1 aromatic heterocycles. The number of anilines is 2. The predicted octanol–water partition coefficient (Wildman–Crippen LogP) is 4.88. The van der Waals surface area contributed by atoms with Crippen molar-refractivity contribution in [3.05, 3.63) is 77.4 Å². The Balaban J connectivity index is 1.76. The van der Waals surface area contributed by atoms with Crippen LogP contribution < -0.4 is 19.7 Å². The zero-order valence-corrected chi connectivity index (χ0v) is 19.1. The standard InChI is InChI=1S/C25H24ClN3O4/c1-32-18-10-8-17(9-11-18)29-23(30)14-12-20(24(29)19-5-3-4-6-21(19)33-2)25(31)28-22-13-7-16(26)15-27-22/h3-11,13,15,20,24H,12,14H2,1-2H3,(H,27,28,31)/t20-,24-/m1/s1. The molecule has 0 saturated carbocycles. The maximum atomic E-state index is 13.4. The van der Waals surface area contributed by atoms with Gasteiger partial charge in [-0.15, -0.1) is 0 Å². The Morgan fingerprint density at radius 3 is 2.48 bits per heavy atom. The number of ether oxygens (including phenoxy) is 2. The van der Waals surface area contributed by atoms with Crippen LogP contribution in [0.4, 0.5) is 11.5 Å². The molecule has 7 nitrogen and oxygen atoms in total. The first kappa shape index (κ1) is 22.6. The number of halogens is 1. The van der Waals surface area contributed by atoms with Crippen molar-refractivity contribution >= 4 is 34.9 Å². The van der Waals surface area contributed by atoms with Crippen LogP contribution in [0.3, 0.4) is 0 Å². The molecule has 1 aliphatic rings. The number of carbonyl (C=O) groups is 2. The molecule has 4 rings (SSSR count). The lowest BCUT2D eigenvalue weighted by Gasteiger charge is -2.41. The number of hydrogen-bond acceptors (Lipinski definition) is 5. The van der Waals surface area contributed by atoms with Gasteiger partial charge in [-0.3, -0.25) is 9.59 Å². The molecule has 2 aromatic carbocycles. The minimum atomic E-state index is -0.567. The zero-order chi connectivity index (χ0) is 23.4. The summed E-state index contributed by atoms with van der Waals surface area (Å²) >= 11 is 5.92. The second kappa shape index (κ2) is 9.92. The van der Waals surface area contributed by atoms with Gasteiger partial charge in [0.25, 0.3) is 0 Å². The third kappa shape index (κ3) is 4.78. The van der Waals surface area contributed by atoms with E-state index in [9.17, 15) is 9.59 Å². The van der Waals surface area contributed by atoms with Crippen molar-refractivity contribution in [2.75, 3.05) is 24.4 Å². The number of nitrogens with one attached hydrogen (secondary N) is 1. The van der Waals surface area contributed by atoms with Crippen LogP contribution in [0.15, 0.2) is 66.9 Å². The van der Waals surface area contributed by atoms with Gasteiger partial charge in [0.15, 0.2) is 0 Å². The number of methoxy groups -OCH3 is 2. The molecule has 1 fully saturated rings. The van der Waals surface area contributed by atoms with Crippen molar-refractivity contribution in [2.24, 2.45) is 5.92 Å². The van der Waals surface area contributed by atoms with Crippen molar-refractivity contribution in [2.45, 2.75) is 18.9 Å². The number of benzene rings is 2. The largest absolute Gasteiger partial charge is 0.497 e. The lowest BCUT2D eigenvalue weighted by atomic mass is 9.82. The first-order valence-corrected chi connectivity index (χ1v) is 10.9. The molecule has 170 valence electrons. The van der Waals surface area contributed by atoms with Gasteiger partial charge in [-0.1, -0.05) is 29.8 Å². The minimum Gasteiger partial charge on any atom is -0.497 e. The van der Waals surface area contributed by atoms with Gasteiger partial charge >= 0.3 is 0 Å². The first-order chi connectivity index (χ1) is 16.0. The van der Waals surface area contributed by atoms with Gasteiger partial charge in [-0.05, 0) is 48.9 Å². The van der Waals surface area contributed by atoms with Gasteiger partial charge in [0.1, 0.15) is 17.3 Å². The average Bonchev–Trinajstić information content (AvgIpc) is 2.85. The third-order valence-corrected chi connectivity index (χ3v) is 5.94. The van der Waals surface area contributed by atoms with Gasteiger partial charge in [-0.2, -0.15) is 0 Å². The SMILES string of the molecule is COc1ccc(N2C(=O)CC[C@@H](C(=O)Nc3ccc(Cl)cn3)[C@H]2c2ccccc2OC)cc1. The number of aromatic nitrogens is 1. The van der Waals surface area contributed by atoms with Crippen molar-refractivity contribution in [1.82, 2.24) is 4.98 Å². The number of para-hydroxylation sites is 1. The molecule has 8 heteroatoms. The summed E-state index contributed by atoms with van der Waals surface area (Å²) in [6, 6.07) is 17.4. The molecule has 2 heterocycles. The molecule has 1 N–H and O–H groups in total. The first-order valence-electron chi connectivity index (χ1n) is 10.5. The van der Waals surface area contributed by atoms with E-state index in [1.807, 2.05) is 36.4 Å². The van der Waals surface area contributed by atoms with E-state index in [1.165, 1.54) is 6.20 Å². The molecule has 1 aliphatic heterocycles. The summed E-state index contributed by atoms with van der Waals surface area (Å²) in [5.41, 5.74) is 1.44. The molecule has 0 spiro atoms. The highest BCUT2D eigenvalue weighted by Crippen LogP contribution is 2.43. The summed E-state index contributed by atoms with van der Waals surface area (Å²) in [6.07, 6.45) is 2.11. The summed E-state index contributed by atoms with van der Waals surface area (Å²) in [6.45, 7) is 0. The van der Waals surface area contributed by atoms with Crippen LogP contribution in [0, 0.1) is 5.92 Å². The number of hydrogen-bond donors (Lipinski definition) is 1. The smallest absolute Gasteiger partial charge is 0.231 e. The van der Waals surface area contributed by atoms with E-state index in [2.05, 4.69) is 10.3 Å². The number of nitrogens with zero attached hydrogens (tertiary/aromatic N) is 2. The third-order valence-electron chi connectivity index (χ3n) is 5.72. The van der Waals surface area contributed by atoms with Crippen LogP contribution in [0.1, 0.15) is 24.4 Å². The Bertz CT molecular complexity index is 1140. The highest BCUT2D eigenvalue weighted by atomic mass is 35.5. The summed E-state index contributed by atoms with van der Waals surface area (Å²) in [5, 5.41) is 3.35. The van der Waals surface area contributed by atoms with Crippen molar-refractivity contribution in [1.29, 1.82) is 0 Å². The Labute approximate surface area is 197 Å². The summed E-state index contributed by atoms with van der Waals surface area (Å²) in [7, 11) is 3.16. The maximum absolute atomic E-state index is 13.4. The topological polar surface area (TPSA) is 80.8 Å². The summed E-state index contributed by atoms with van der Waals surface area (Å²) in [5.74, 6) is 0.865. The Kier molecular flexibility index (Phi) is 6.79. The van der Waals surface area contributed by atoms with Gasteiger partial charge in [0.2, 0.25) is 11.8 Å². The number of rotatable bonds is 6. The monoisotopic (exact) mass is 465 g/mol. The van der Waals surface area contributed by atoms with Crippen molar-refractivity contribution < 1.29 is 19.1 Å². The lowest BCUT2D eigenvalue weighted by Crippen LogP contribution is -2.47. The van der Waals surface area contributed by atoms with E-state index in [4.69, 9.17) is 21.1 Å². The second-order valence-corrected chi connectivity index (χ2v) is 8.08. The van der Waals surface area contributed by atoms with Gasteiger partial charge in [0, 0.05) is 23.9 Å². The molecule has 33 heavy (non-hydrogen) atoms. The maximum Gasteiger partial charge on any atom is 0.231 e. The Hall–Kier alpha value is -3.58. The molecular weight excluding hydrogens is 442 g/mol. The normalized spacial score (nSPS) is 18.0. The Morgan fingerprint density at radius 1 is 1.06 bits per heavy atom. The molecule has 1 saturated heterocycles. The predicted molar refractivity (Wildman–Crippen MR) is 127 cm³/mol. The van der Waals surface area contributed by atoms with E-state index in [0.717, 1.165) is 5.56 Å². The molecule has 0 radical (unpaired) electrons. The molecule has 0 bridgehead atoms. The van der Waals surface area contributed by atoms with Crippen molar-refractivity contribution in [3.63, 3.8) is 0 Å². The van der Waals surface area contributed by atoms with Crippen LogP contribution in [0.25, 0.3) is 0 Å². The fourth-order valence-corrected chi connectivity index (χ4v) is 4.26. The Morgan fingerprint density at radius 2 is 1.82 bits per heavy atom. The minimum absolute atomic E-state index is 0.0651. The van der Waals surface area contributed by atoms with Crippen LogP contribution in [0.5, 0.6) is 11.5 Å². The van der Waals surface area contributed by atoms with Crippen LogP contribution in [-0.4, -0.2) is 31.0 Å². The number of carbonyl (C=O) groups excluding carboxylic acids is 2. The molecule has 2 atom stereocenters. The zero-order valence-electron chi connectivity index (χ0n) is 18.3. The van der Waals surface area contributed by atoms with E-state index in [-0.39, 0.29) is 18.2 Å². The number of pyridine rings is 1. The van der Waals surface area contributed by atoms with Crippen molar-refractivity contribution in [3.8, 4) is 11.5 Å². The van der Waals surface area contributed by atoms with Gasteiger partial charge in [-0.25, -0.2) is 4.98 Å². The van der Waals surface area contributed by atoms with E-state index < -0.39 is 12.0 Å². The van der Waals surface area contributed by atoms with E-state index in [0.29, 0.717) is 34.4 Å². The quantitative estimate of drug-likeness (QED) is 0.561. The molecule has 2 amide bonds. The highest BCUT2D eigenvalue weighted by Gasteiger charge is 2.42. The molecule has 0 unspecified atom stereocenters. The molecule has 3 aromatic rings. The number of piperidine rings is 1. The highest BCUT2D eigenvalue weighted by molar-refractivity contribution is 6.30. The van der Waals surface area contributed by atoms with E-state index >= 15 is 0 Å². The fourth-order valence-electron chi connectivity index (χ4n) is 4.15. The average molecular weight is 466 g/mol. The van der Waals surface area contributed by atoms with Gasteiger partial charge in [0.05, 0.1) is 31.2 Å². The number of amides is 2. The molecular formula is C25H24ClN3O4. The summed E-state index contributed by atoms with van der Waals surface area (Å²) in [4.78, 5) is 32.5. The lowest BCUT2D eigenvalue weighted by molar-refractivity contribution is -0.126. The van der Waals surface area contributed by atoms with Crippen LogP contribution >= 0.6 is 11.6 Å². The molecule has 0 aliphatic carbocycles. The van der Waals surface area contributed by atoms with Crippen LogP contribution in [-0.2, 0) is 9.59 Å². The summed E-state index contributed by atoms with van der Waals surface area (Å²) < 4.78 is 10.9. The fraction of sp³-hybridized carbons (Fsp3) is 0.240. The van der Waals surface area contributed by atoms with Gasteiger partial charge < -0.3 is 19.7 Å². The second-order valence-electron chi connectivity index (χ2n) is 7.64. The van der Waals surface area contributed by atoms with E-state index in [1.54, 1.807) is 43.4 Å². The van der Waals surface area contributed by atoms with Crippen LogP contribution in [0.2, 0.25) is 5.02 Å².